The zero-order valence-electron chi connectivity index (χ0n) is 38.4. The van der Waals surface area contributed by atoms with Crippen molar-refractivity contribution in [2.45, 2.75) is 66.6 Å². The molecular weight excluding hydrogens is 1090 g/mol. The summed E-state index contributed by atoms with van der Waals surface area (Å²) in [6.07, 6.45) is -16.6. The van der Waals surface area contributed by atoms with E-state index in [1.54, 1.807) is 0 Å². The molecule has 4 rings (SSSR count). The Labute approximate surface area is 419 Å². The van der Waals surface area contributed by atoms with Crippen molar-refractivity contribution in [3.05, 3.63) is 112 Å². The fourth-order valence-corrected chi connectivity index (χ4v) is 7.27. The van der Waals surface area contributed by atoms with Crippen LogP contribution in [0, 0.1) is 0 Å². The van der Waals surface area contributed by atoms with E-state index >= 15 is 0 Å². The molecule has 1 saturated heterocycles. The molecule has 3 N–H and O–H groups in total. The molecule has 0 atom stereocenters. The lowest BCUT2D eigenvalue weighted by molar-refractivity contribution is -0.342. The Bertz CT molecular complexity index is 2730. The van der Waals surface area contributed by atoms with Gasteiger partial charge in [-0.2, -0.15) is 61.5 Å². The monoisotopic (exact) mass is 1130 g/mol. The van der Waals surface area contributed by atoms with Gasteiger partial charge in [0.25, 0.3) is 11.8 Å². The Morgan fingerprint density at radius 3 is 1.38 bits per heavy atom. The van der Waals surface area contributed by atoms with Gasteiger partial charge in [-0.05, 0) is 47.2 Å². The predicted octanol–water partition coefficient (Wildman–Crippen LogP) is 8.02. The minimum atomic E-state index is -6.84. The van der Waals surface area contributed by atoms with Crippen LogP contribution in [0.25, 0.3) is 11.5 Å². The molecule has 0 spiro atoms. The van der Waals surface area contributed by atoms with Gasteiger partial charge in [0.15, 0.2) is 0 Å². The fourth-order valence-electron chi connectivity index (χ4n) is 6.21. The molecule has 0 radical (unpaired) electrons. The zero-order valence-corrected chi connectivity index (χ0v) is 39.2. The van der Waals surface area contributed by atoms with Crippen LogP contribution in [0.1, 0.15) is 46.2 Å². The van der Waals surface area contributed by atoms with E-state index in [2.05, 4.69) is 9.56 Å². The molecule has 31 heteroatoms. The van der Waals surface area contributed by atoms with Crippen molar-refractivity contribution in [2.75, 3.05) is 52.8 Å². The van der Waals surface area contributed by atoms with E-state index < -0.39 is 110 Å². The van der Waals surface area contributed by atoms with Crippen LogP contribution in [-0.4, -0.2) is 142 Å². The molecule has 418 valence electrons. The highest BCUT2D eigenvalue weighted by Gasteiger charge is 2.76. The zero-order chi connectivity index (χ0) is 57.1. The van der Waals surface area contributed by atoms with Crippen molar-refractivity contribution in [1.82, 2.24) is 9.79 Å². The summed E-state index contributed by atoms with van der Waals surface area (Å²) >= 11 is 0. The number of amides is 2. The molecule has 76 heavy (non-hydrogen) atoms. The number of carbonyl (C=O) groups is 5. The van der Waals surface area contributed by atoms with E-state index in [0.717, 1.165) is 42.5 Å². The summed E-state index contributed by atoms with van der Waals surface area (Å²) < 4.78 is 234. The predicted molar refractivity (Wildman–Crippen MR) is 229 cm³/mol. The summed E-state index contributed by atoms with van der Waals surface area (Å²) in [5, 5.41) is 20.7. The van der Waals surface area contributed by atoms with Gasteiger partial charge in [-0.25, -0.2) is 17.9 Å². The second-order valence-electron chi connectivity index (χ2n) is 15.8. The lowest BCUT2D eigenvalue weighted by Crippen LogP contribution is -2.55. The van der Waals surface area contributed by atoms with Crippen molar-refractivity contribution in [1.29, 1.82) is 0 Å². The first-order valence-electron chi connectivity index (χ1n) is 21.4. The van der Waals surface area contributed by atoms with Crippen LogP contribution in [0.5, 0.6) is 0 Å². The van der Waals surface area contributed by atoms with Crippen LogP contribution in [0.15, 0.2) is 83.8 Å². The Morgan fingerprint density at radius 1 is 0.566 bits per heavy atom. The minimum Gasteiger partial charge on any atom is -0.507 e. The molecule has 0 aliphatic carbocycles. The number of rotatable bonds is 27. The maximum Gasteiger partial charge on any atom is 0.534 e. The number of nitrogens with zero attached hydrogens (tertiary/aromatic N) is 1. The Morgan fingerprint density at radius 2 is 0.961 bits per heavy atom. The number of benzene rings is 3. The molecule has 16 nitrogen and oxygen atoms in total. The van der Waals surface area contributed by atoms with E-state index in [0.29, 0.717) is 10.6 Å². The molecule has 0 unspecified atom stereocenters. The molecule has 1 fully saturated rings. The van der Waals surface area contributed by atoms with E-state index in [1.165, 1.54) is 24.3 Å². The van der Waals surface area contributed by atoms with Crippen LogP contribution in [0.2, 0.25) is 0 Å². The Kier molecular flexibility index (Phi) is 20.3. The molecule has 3 aromatic carbocycles. The van der Waals surface area contributed by atoms with Crippen molar-refractivity contribution in [3.63, 3.8) is 0 Å². The minimum absolute atomic E-state index is 0.0155. The number of aliphatic hydroxyl groups excluding tert-OH is 2. The number of aliphatic hydroxyl groups is 2. The van der Waals surface area contributed by atoms with Gasteiger partial charge < -0.3 is 29.2 Å². The standard InChI is InChI=1S/C45H40F14N2O14S/c46-40(47,42(50,51)44(54,55)56)35(64)24-33(62)28-5-1-26(2-6-28)21-30-9-10-32(23-31(30)22-27-3-7-29(8-4-27)34(63)25-36(65)41(48,49)43(52,53)45(57,58)59)76(69,70)60-13-14-71-15-16-72-17-18-73-19-20-74-39(68)75-61-37(66)11-12-38(61)67/h1-10,23-25,60,62-63H,11-22H2/b33-24+,34-25+. The first kappa shape index (κ1) is 61.8. The molecule has 0 saturated carbocycles. The molecule has 2 amide bonds. The molecule has 1 aliphatic heterocycles. The molecule has 0 aromatic heterocycles. The van der Waals surface area contributed by atoms with Crippen LogP contribution >= 0.6 is 0 Å². The van der Waals surface area contributed by atoms with Crippen molar-refractivity contribution < 1.29 is 128 Å². The van der Waals surface area contributed by atoms with Gasteiger partial charge in [0.1, 0.15) is 18.1 Å². The van der Waals surface area contributed by atoms with Gasteiger partial charge in [-0.1, -0.05) is 59.7 Å². The largest absolute Gasteiger partial charge is 0.534 e. The smallest absolute Gasteiger partial charge is 0.507 e. The summed E-state index contributed by atoms with van der Waals surface area (Å²) in [6, 6.07) is 12.1. The summed E-state index contributed by atoms with van der Waals surface area (Å²) in [7, 11) is -4.34. The Balaban J connectivity index is 1.41. The van der Waals surface area contributed by atoms with Gasteiger partial charge in [0.2, 0.25) is 21.6 Å². The molecule has 0 bridgehead atoms. The highest BCUT2D eigenvalue weighted by molar-refractivity contribution is 7.89. The number of alkyl halides is 14. The van der Waals surface area contributed by atoms with E-state index in [9.17, 15) is 104 Å². The number of hydroxylamine groups is 2. The fraction of sp³-hybridized carbons (Fsp3) is 0.400. The lowest BCUT2D eigenvalue weighted by atomic mass is 9.94. The van der Waals surface area contributed by atoms with Gasteiger partial charge >= 0.3 is 42.2 Å². The number of hydrogen-bond donors (Lipinski definition) is 3. The summed E-state index contributed by atoms with van der Waals surface area (Å²) in [4.78, 5) is 62.3. The third kappa shape index (κ3) is 15.5. The van der Waals surface area contributed by atoms with Crippen LogP contribution in [0.4, 0.5) is 66.3 Å². The summed E-state index contributed by atoms with van der Waals surface area (Å²) in [5.41, 5.74) is 0.00190. The average molecular weight is 1130 g/mol. The van der Waals surface area contributed by atoms with Crippen LogP contribution in [0.3, 0.4) is 0 Å². The van der Waals surface area contributed by atoms with Crippen molar-refractivity contribution in [3.8, 4) is 0 Å². The number of ketones is 2. The third-order valence-electron chi connectivity index (χ3n) is 10.3. The van der Waals surface area contributed by atoms with Gasteiger partial charge in [0, 0.05) is 42.7 Å². The first-order chi connectivity index (χ1) is 35.1. The number of imide groups is 1. The number of nitrogens with one attached hydrogen (secondary N) is 1. The van der Waals surface area contributed by atoms with Crippen LogP contribution in [-0.2, 0) is 65.8 Å². The number of sulfonamides is 1. The molecular formula is C45H40F14N2O14S. The van der Waals surface area contributed by atoms with E-state index in [1.807, 2.05) is 0 Å². The maximum atomic E-state index is 13.9. The molecule has 1 heterocycles. The number of allylic oxidation sites excluding steroid dienone is 2. The topological polar surface area (TPSA) is 221 Å². The van der Waals surface area contributed by atoms with Crippen LogP contribution < -0.4 is 4.72 Å². The molecule has 3 aromatic rings. The number of halogens is 14. The van der Waals surface area contributed by atoms with E-state index in [4.69, 9.17) is 18.9 Å². The number of carbonyl (C=O) groups excluding carboxylic acids is 5. The molecule has 1 aliphatic rings. The Hall–Kier alpha value is -6.70. The maximum absolute atomic E-state index is 13.9. The van der Waals surface area contributed by atoms with Gasteiger partial charge in [0.05, 0.1) is 44.5 Å². The van der Waals surface area contributed by atoms with Crippen molar-refractivity contribution >= 4 is 51.1 Å². The quantitative estimate of drug-likeness (QED) is 0.0164. The van der Waals surface area contributed by atoms with E-state index in [-0.39, 0.29) is 100 Å². The second-order valence-corrected chi connectivity index (χ2v) is 17.5. The SMILES string of the molecule is O=C(OCCOCCOCCOCCNS(=O)(=O)c1ccc(Cc2ccc(/C(O)=C\C(=O)C(F)(F)C(F)(F)C(F)(F)F)cc2)c(Cc2ccc(/C(O)=C\C(=O)C(F)(F)C(F)(F)C(F)(F)F)cc2)c1)ON1C(=O)CCC1=O. The second kappa shape index (κ2) is 25.0. The first-order valence-corrected chi connectivity index (χ1v) is 22.9. The summed E-state index contributed by atoms with van der Waals surface area (Å²) in [6.45, 7) is -0.722. The summed E-state index contributed by atoms with van der Waals surface area (Å²) in [5.74, 6) is -36.7. The third-order valence-corrected chi connectivity index (χ3v) is 11.8. The van der Waals surface area contributed by atoms with Gasteiger partial charge in [-0.3, -0.25) is 24.0 Å². The lowest BCUT2D eigenvalue weighted by Gasteiger charge is -2.26. The average Bonchev–Trinajstić information content (AvgIpc) is 3.64. The van der Waals surface area contributed by atoms with Crippen molar-refractivity contribution in [2.24, 2.45) is 0 Å². The van der Waals surface area contributed by atoms with Gasteiger partial charge in [-0.15, -0.1) is 0 Å². The number of ether oxygens (including phenoxy) is 4. The highest BCUT2D eigenvalue weighted by Crippen LogP contribution is 2.48. The normalized spacial score (nSPS) is 14.6. The number of hydrogen-bond acceptors (Lipinski definition) is 14. The highest BCUT2D eigenvalue weighted by atomic mass is 32.2.